The van der Waals surface area contributed by atoms with Crippen LogP contribution < -0.4 is 9.88 Å². The Labute approximate surface area is 142 Å². The topological polar surface area (TPSA) is 59.7 Å². The van der Waals surface area contributed by atoms with Crippen LogP contribution in [0.4, 0.5) is 5.82 Å². The average Bonchev–Trinajstić information content (AvgIpc) is 3.06. The summed E-state index contributed by atoms with van der Waals surface area (Å²) in [4.78, 5) is 11.2. The van der Waals surface area contributed by atoms with Gasteiger partial charge in [-0.2, -0.15) is 0 Å². The van der Waals surface area contributed by atoms with E-state index < -0.39 is 0 Å². The van der Waals surface area contributed by atoms with Gasteiger partial charge in [-0.15, -0.1) is 11.8 Å². The first-order valence-electron chi connectivity index (χ1n) is 7.75. The number of hydrogen-bond acceptors (Lipinski definition) is 5. The summed E-state index contributed by atoms with van der Waals surface area (Å²) in [7, 11) is 3.14. The molecule has 2 N–H and O–H groups in total. The monoisotopic (exact) mass is 348 g/mol. The molecular formula is C15H27ClN3O2S+. The highest BCUT2D eigenvalue weighted by molar-refractivity contribution is 7.99. The molecule has 0 aromatic carbocycles. The Bertz CT molecular complexity index is 457. The minimum absolute atomic E-state index is 0.491. The second kappa shape index (κ2) is 10.3. The number of H-pyrrole nitrogens is 1. The van der Waals surface area contributed by atoms with Gasteiger partial charge in [0.15, 0.2) is 0 Å². The summed E-state index contributed by atoms with van der Waals surface area (Å²) >= 11 is 7.95. The second-order valence-electron chi connectivity index (χ2n) is 4.70. The largest absolute Gasteiger partial charge is 0.400 e. The van der Waals surface area contributed by atoms with E-state index in [4.69, 9.17) is 21.4 Å². The van der Waals surface area contributed by atoms with Crippen molar-refractivity contribution >= 4 is 29.2 Å². The van der Waals surface area contributed by atoms with Crippen molar-refractivity contribution in [3.63, 3.8) is 0 Å². The minimum atomic E-state index is 0.491. The number of aromatic amines is 1. The van der Waals surface area contributed by atoms with E-state index in [0.29, 0.717) is 11.3 Å². The number of nitrogens with zero attached hydrogens (tertiary/aromatic N) is 2. The van der Waals surface area contributed by atoms with Crippen LogP contribution in [-0.2, 0) is 11.2 Å². The van der Waals surface area contributed by atoms with Crippen molar-refractivity contribution in [3.05, 3.63) is 11.0 Å². The first-order valence-corrected chi connectivity index (χ1v) is 9.12. The summed E-state index contributed by atoms with van der Waals surface area (Å²) in [6.45, 7) is 5.70. The van der Waals surface area contributed by atoms with Crippen LogP contribution in [0.25, 0.3) is 0 Å². The van der Waals surface area contributed by atoms with Crippen molar-refractivity contribution in [2.24, 2.45) is 0 Å². The molecule has 5 nitrogen and oxygen atoms in total. The molecule has 1 aromatic heterocycles. The van der Waals surface area contributed by atoms with Gasteiger partial charge < -0.3 is 9.84 Å². The van der Waals surface area contributed by atoms with Gasteiger partial charge >= 0.3 is 5.28 Å². The van der Waals surface area contributed by atoms with Gasteiger partial charge in [-0.3, -0.25) is 4.90 Å². The van der Waals surface area contributed by atoms with Crippen LogP contribution in [-0.4, -0.2) is 49.3 Å². The third-order valence-electron chi connectivity index (χ3n) is 3.61. The summed E-state index contributed by atoms with van der Waals surface area (Å²) in [5.74, 6) is 2.23. The molecule has 2 aliphatic rings. The second-order valence-corrected chi connectivity index (χ2v) is 6.17. The highest BCUT2D eigenvalue weighted by Gasteiger charge is 2.31. The molecule has 0 radical (unpaired) electrons. The number of halogens is 1. The number of rotatable bonds is 2. The van der Waals surface area contributed by atoms with E-state index >= 15 is 0 Å². The zero-order chi connectivity index (χ0) is 16.5. The molecule has 3 rings (SSSR count). The van der Waals surface area contributed by atoms with E-state index in [0.717, 1.165) is 56.9 Å². The fraction of sp³-hybridized carbons (Fsp3) is 0.733. The van der Waals surface area contributed by atoms with E-state index in [1.54, 1.807) is 0 Å². The number of hydrogen-bond donors (Lipinski definition) is 1. The van der Waals surface area contributed by atoms with Crippen molar-refractivity contribution < 1.29 is 14.8 Å². The van der Waals surface area contributed by atoms with Gasteiger partial charge in [0.1, 0.15) is 10.6 Å². The lowest BCUT2D eigenvalue weighted by atomic mass is 10.1. The first-order chi connectivity index (χ1) is 10.8. The Morgan fingerprint density at radius 3 is 2.59 bits per heavy atom. The van der Waals surface area contributed by atoms with Crippen LogP contribution >= 0.6 is 23.4 Å². The fourth-order valence-corrected chi connectivity index (χ4v) is 3.90. The maximum absolute atomic E-state index is 7.00. The first kappa shape index (κ1) is 19.5. The average molecular weight is 349 g/mol. The number of aliphatic hydroxyl groups is 1. The number of fused-ring (bicyclic) bond motifs is 1. The van der Waals surface area contributed by atoms with Crippen molar-refractivity contribution in [1.82, 2.24) is 4.98 Å². The Morgan fingerprint density at radius 1 is 1.32 bits per heavy atom. The van der Waals surface area contributed by atoms with Crippen molar-refractivity contribution in [2.75, 3.05) is 38.0 Å². The van der Waals surface area contributed by atoms with Crippen molar-refractivity contribution in [3.8, 4) is 0 Å². The smallest absolute Gasteiger partial charge is 0.332 e. The maximum atomic E-state index is 7.00. The zero-order valence-corrected chi connectivity index (χ0v) is 15.4. The molecule has 0 spiro atoms. The van der Waals surface area contributed by atoms with Gasteiger partial charge in [-0.25, -0.2) is 4.98 Å². The molecule has 126 valence electrons. The number of thioether (sulfide) groups is 1. The number of nitrogens with one attached hydrogen (secondary N) is 1. The number of aliphatic hydroxyl groups excluding tert-OH is 1. The Hall–Kier alpha value is -0.560. The molecule has 3 heterocycles. The predicted molar refractivity (Wildman–Crippen MR) is 92.0 cm³/mol. The van der Waals surface area contributed by atoms with Gasteiger partial charge in [0.25, 0.3) is 0 Å². The van der Waals surface area contributed by atoms with Crippen molar-refractivity contribution in [2.45, 2.75) is 44.0 Å². The standard InChI is InChI=1S/C12H16ClN3OS.C2H6.CH4O/c1-16(8-2-5-17-6-3-8)11-10-9(4-7-18-10)14-12(13)15-11;2*1-2/h8H,2-7H2,1H3;1-2H3;2H,1H3/p+1. The zero-order valence-electron chi connectivity index (χ0n) is 13.9. The third kappa shape index (κ3) is 4.72. The molecule has 0 unspecified atom stereocenters. The lowest BCUT2D eigenvalue weighted by Gasteiger charge is -2.28. The number of anilines is 1. The Morgan fingerprint density at radius 2 is 1.95 bits per heavy atom. The molecule has 1 aromatic rings. The van der Waals surface area contributed by atoms with Gasteiger partial charge in [-0.05, 0) is 11.6 Å². The van der Waals surface area contributed by atoms with Crippen LogP contribution in [0.15, 0.2) is 4.90 Å². The molecule has 22 heavy (non-hydrogen) atoms. The lowest BCUT2D eigenvalue weighted by Crippen LogP contribution is -2.40. The Kier molecular flexibility index (Phi) is 9.09. The highest BCUT2D eigenvalue weighted by atomic mass is 35.5. The Balaban J connectivity index is 0.000000561. The molecule has 0 atom stereocenters. The number of aryl methyl sites for hydroxylation is 1. The van der Waals surface area contributed by atoms with Crippen LogP contribution in [0.2, 0.25) is 5.28 Å². The van der Waals surface area contributed by atoms with Gasteiger partial charge in [0.2, 0.25) is 5.82 Å². The summed E-state index contributed by atoms with van der Waals surface area (Å²) in [5, 5.41) is 7.49. The number of aromatic nitrogens is 2. The molecule has 2 aliphatic heterocycles. The molecular weight excluding hydrogens is 322 g/mol. The van der Waals surface area contributed by atoms with Crippen LogP contribution in [0.3, 0.4) is 0 Å². The summed E-state index contributed by atoms with van der Waals surface area (Å²) in [5.41, 5.74) is 1.14. The minimum Gasteiger partial charge on any atom is -0.400 e. The number of ether oxygens (including phenoxy) is 1. The van der Waals surface area contributed by atoms with Crippen LogP contribution in [0, 0.1) is 0 Å². The van der Waals surface area contributed by atoms with Crippen molar-refractivity contribution in [1.29, 1.82) is 0 Å². The quantitative estimate of drug-likeness (QED) is 0.832. The molecule has 0 bridgehead atoms. The van der Waals surface area contributed by atoms with E-state index in [-0.39, 0.29) is 0 Å². The molecule has 0 amide bonds. The molecule has 1 saturated heterocycles. The predicted octanol–water partition coefficient (Wildman–Crippen LogP) is 2.45. The summed E-state index contributed by atoms with van der Waals surface area (Å²) in [6, 6.07) is 0.527. The van der Waals surface area contributed by atoms with Crippen LogP contribution in [0.1, 0.15) is 32.4 Å². The lowest BCUT2D eigenvalue weighted by molar-refractivity contribution is -0.369. The normalized spacial score (nSPS) is 16.8. The van der Waals surface area contributed by atoms with E-state index in [1.807, 2.05) is 25.6 Å². The van der Waals surface area contributed by atoms with E-state index in [1.165, 1.54) is 4.90 Å². The highest BCUT2D eigenvalue weighted by Crippen LogP contribution is 2.36. The third-order valence-corrected chi connectivity index (χ3v) is 4.91. The van der Waals surface area contributed by atoms with E-state index in [9.17, 15) is 0 Å². The summed E-state index contributed by atoms with van der Waals surface area (Å²) in [6.07, 6.45) is 3.16. The molecule has 0 saturated carbocycles. The van der Waals surface area contributed by atoms with E-state index in [2.05, 4.69) is 21.9 Å². The molecule has 0 aliphatic carbocycles. The van der Waals surface area contributed by atoms with Crippen LogP contribution in [0.5, 0.6) is 0 Å². The maximum Gasteiger partial charge on any atom is 0.332 e. The molecule has 1 fully saturated rings. The van der Waals surface area contributed by atoms with Gasteiger partial charge in [-0.1, -0.05) is 18.8 Å². The SMILES string of the molecule is CC.CN(c1[nH+]c(Cl)nc2c1SCC2)C1CCOCC1.CO. The molecule has 7 heteroatoms. The fourth-order valence-electron chi connectivity index (χ4n) is 2.56. The van der Waals surface area contributed by atoms with Gasteiger partial charge in [0, 0.05) is 45.3 Å². The van der Waals surface area contributed by atoms with Gasteiger partial charge in [0.05, 0.1) is 13.1 Å². The summed E-state index contributed by atoms with van der Waals surface area (Å²) < 4.78 is 5.42.